The first-order valence-electron chi connectivity index (χ1n) is 8.06. The lowest BCUT2D eigenvalue weighted by atomic mass is 9.82. The number of hydrogen-bond acceptors (Lipinski definition) is 5. The Hall–Kier alpha value is -3.18. The minimum atomic E-state index is -1.23. The van der Waals surface area contributed by atoms with Gasteiger partial charge in [0.25, 0.3) is 0 Å². The highest BCUT2D eigenvalue weighted by Gasteiger charge is 2.56. The standard InChI is InChI=1S/C18H17N3O5/c1-8(22)15-14-6-12(16(18(25)26)21(14)17(15)24)10-3-4-13(20-9(2)23)11(5-10)7-19/h3-5,8,14-15,22H,6H2,1-2H3,(H,20,23)(H,25,26)/t8-,14-,15-/m1/s1. The summed E-state index contributed by atoms with van der Waals surface area (Å²) < 4.78 is 0. The molecule has 0 radical (unpaired) electrons. The van der Waals surface area contributed by atoms with Gasteiger partial charge in [0.1, 0.15) is 11.8 Å². The van der Waals surface area contributed by atoms with Crippen LogP contribution in [0.15, 0.2) is 23.9 Å². The summed E-state index contributed by atoms with van der Waals surface area (Å²) >= 11 is 0. The molecular formula is C18H17N3O5. The molecule has 0 aromatic heterocycles. The van der Waals surface area contributed by atoms with Crippen molar-refractivity contribution in [3.63, 3.8) is 0 Å². The molecule has 8 nitrogen and oxygen atoms in total. The summed E-state index contributed by atoms with van der Waals surface area (Å²) in [4.78, 5) is 36.4. The molecule has 2 aliphatic rings. The zero-order valence-corrected chi connectivity index (χ0v) is 14.2. The molecule has 0 bridgehead atoms. The van der Waals surface area contributed by atoms with E-state index in [2.05, 4.69) is 5.32 Å². The molecule has 134 valence electrons. The quantitative estimate of drug-likeness (QED) is 0.689. The molecule has 2 heterocycles. The zero-order valence-electron chi connectivity index (χ0n) is 14.2. The average Bonchev–Trinajstić information content (AvgIpc) is 2.89. The third-order valence-electron chi connectivity index (χ3n) is 4.73. The number of carbonyl (C=O) groups excluding carboxylic acids is 2. The Morgan fingerprint density at radius 1 is 1.42 bits per heavy atom. The van der Waals surface area contributed by atoms with E-state index in [1.54, 1.807) is 6.07 Å². The number of carbonyl (C=O) groups is 3. The second-order valence-corrected chi connectivity index (χ2v) is 6.43. The van der Waals surface area contributed by atoms with Crippen LogP contribution in [0.25, 0.3) is 5.57 Å². The van der Waals surface area contributed by atoms with Crippen LogP contribution < -0.4 is 5.32 Å². The highest BCUT2D eigenvalue weighted by molar-refractivity contribution is 6.06. The number of carboxylic acid groups (broad SMARTS) is 1. The zero-order chi connectivity index (χ0) is 19.2. The van der Waals surface area contributed by atoms with Gasteiger partial charge >= 0.3 is 5.97 Å². The maximum atomic E-state index is 12.2. The van der Waals surface area contributed by atoms with E-state index in [1.807, 2.05) is 6.07 Å². The largest absolute Gasteiger partial charge is 0.477 e. The summed E-state index contributed by atoms with van der Waals surface area (Å²) in [6.45, 7) is 2.83. The molecule has 3 atom stereocenters. The number of hydrogen-bond donors (Lipinski definition) is 3. The van der Waals surface area contributed by atoms with E-state index in [0.29, 0.717) is 16.8 Å². The molecule has 2 amide bonds. The number of benzene rings is 1. The number of nitrogens with one attached hydrogen (secondary N) is 1. The number of nitrogens with zero attached hydrogens (tertiary/aromatic N) is 2. The Balaban J connectivity index is 2.04. The van der Waals surface area contributed by atoms with Gasteiger partial charge in [-0.25, -0.2) is 4.79 Å². The number of aliphatic hydroxyl groups is 1. The van der Waals surface area contributed by atoms with Crippen LogP contribution in [-0.2, 0) is 14.4 Å². The van der Waals surface area contributed by atoms with Gasteiger partial charge in [-0.1, -0.05) is 6.07 Å². The molecule has 3 N–H and O–H groups in total. The smallest absolute Gasteiger partial charge is 0.352 e. The van der Waals surface area contributed by atoms with Gasteiger partial charge in [-0.05, 0) is 36.6 Å². The molecule has 0 saturated carbocycles. The average molecular weight is 355 g/mol. The van der Waals surface area contributed by atoms with Crippen molar-refractivity contribution in [2.45, 2.75) is 32.4 Å². The van der Waals surface area contributed by atoms with E-state index >= 15 is 0 Å². The van der Waals surface area contributed by atoms with Crippen LogP contribution in [0.5, 0.6) is 0 Å². The number of rotatable bonds is 4. The van der Waals surface area contributed by atoms with Gasteiger partial charge in [0, 0.05) is 6.92 Å². The maximum absolute atomic E-state index is 12.2. The molecule has 3 rings (SSSR count). The topological polar surface area (TPSA) is 131 Å². The number of nitriles is 1. The van der Waals surface area contributed by atoms with Gasteiger partial charge in [0.2, 0.25) is 11.8 Å². The molecule has 0 unspecified atom stereocenters. The third-order valence-corrected chi connectivity index (χ3v) is 4.73. The second kappa shape index (κ2) is 6.28. The van der Waals surface area contributed by atoms with Crippen molar-refractivity contribution in [2.24, 2.45) is 5.92 Å². The number of aliphatic carboxylic acids is 1. The van der Waals surface area contributed by atoms with Gasteiger partial charge in [-0.15, -0.1) is 0 Å². The molecule has 8 heteroatoms. The molecule has 1 saturated heterocycles. The number of amides is 2. The van der Waals surface area contributed by atoms with E-state index in [1.165, 1.54) is 30.9 Å². The minimum Gasteiger partial charge on any atom is -0.477 e. The lowest BCUT2D eigenvalue weighted by Crippen LogP contribution is -2.61. The minimum absolute atomic E-state index is 0.118. The third kappa shape index (κ3) is 2.62. The summed E-state index contributed by atoms with van der Waals surface area (Å²) in [6, 6.07) is 6.22. The number of β-lactam (4-membered cyclic amide) rings is 1. The van der Waals surface area contributed by atoms with Gasteiger partial charge in [0.05, 0.1) is 29.3 Å². The molecule has 0 aliphatic carbocycles. The molecule has 1 aromatic carbocycles. The van der Waals surface area contributed by atoms with Crippen molar-refractivity contribution < 1.29 is 24.6 Å². The number of anilines is 1. The van der Waals surface area contributed by atoms with Crippen LogP contribution in [0.1, 0.15) is 31.4 Å². The number of carboxylic acids is 1. The molecule has 1 fully saturated rings. The predicted octanol–water partition coefficient (Wildman–Crippen LogP) is 0.924. The van der Waals surface area contributed by atoms with Gasteiger partial charge in [-0.2, -0.15) is 5.26 Å². The Kier molecular flexibility index (Phi) is 4.26. The highest BCUT2D eigenvalue weighted by atomic mass is 16.4. The maximum Gasteiger partial charge on any atom is 0.352 e. The second-order valence-electron chi connectivity index (χ2n) is 6.43. The van der Waals surface area contributed by atoms with E-state index in [9.17, 15) is 29.9 Å². The number of fused-ring (bicyclic) bond motifs is 1. The van der Waals surface area contributed by atoms with Crippen molar-refractivity contribution in [2.75, 3.05) is 5.32 Å². The molecule has 1 aromatic rings. The fraction of sp³-hybridized carbons (Fsp3) is 0.333. The SMILES string of the molecule is CC(=O)Nc1ccc(C2=C(C(=O)O)N3C(=O)[C@H]([C@@H](C)O)[C@H]3C2)cc1C#N. The van der Waals surface area contributed by atoms with Crippen LogP contribution in [0.3, 0.4) is 0 Å². The van der Waals surface area contributed by atoms with Crippen molar-refractivity contribution in [1.82, 2.24) is 4.90 Å². The van der Waals surface area contributed by atoms with Crippen LogP contribution >= 0.6 is 0 Å². The van der Waals surface area contributed by atoms with E-state index in [4.69, 9.17) is 0 Å². The van der Waals surface area contributed by atoms with Crippen molar-refractivity contribution in [3.05, 3.63) is 35.0 Å². The van der Waals surface area contributed by atoms with Crippen LogP contribution in [0, 0.1) is 17.2 Å². The summed E-state index contributed by atoms with van der Waals surface area (Å²) in [5.41, 5.74) is 1.35. The molecule has 26 heavy (non-hydrogen) atoms. The van der Waals surface area contributed by atoms with E-state index in [0.717, 1.165) is 0 Å². The normalized spacial score (nSPS) is 22.4. The van der Waals surface area contributed by atoms with Gasteiger partial charge in [-0.3, -0.25) is 9.59 Å². The monoisotopic (exact) mass is 355 g/mol. The van der Waals surface area contributed by atoms with Crippen molar-refractivity contribution in [1.29, 1.82) is 5.26 Å². The fourth-order valence-corrected chi connectivity index (χ4v) is 3.65. The first-order chi connectivity index (χ1) is 12.3. The van der Waals surface area contributed by atoms with Gasteiger partial charge < -0.3 is 20.4 Å². The van der Waals surface area contributed by atoms with Crippen LogP contribution in [0.4, 0.5) is 5.69 Å². The Morgan fingerprint density at radius 3 is 2.65 bits per heavy atom. The van der Waals surface area contributed by atoms with Crippen molar-refractivity contribution >= 4 is 29.0 Å². The fourth-order valence-electron chi connectivity index (χ4n) is 3.65. The summed E-state index contributed by atoms with van der Waals surface area (Å²) in [5.74, 6) is -2.59. The first kappa shape index (κ1) is 17.6. The van der Waals surface area contributed by atoms with Crippen molar-refractivity contribution in [3.8, 4) is 6.07 Å². The Bertz CT molecular complexity index is 897. The Morgan fingerprint density at radius 2 is 2.12 bits per heavy atom. The van der Waals surface area contributed by atoms with Crippen LogP contribution in [-0.4, -0.2) is 45.0 Å². The predicted molar refractivity (Wildman–Crippen MR) is 90.4 cm³/mol. The lowest BCUT2D eigenvalue weighted by Gasteiger charge is -2.44. The van der Waals surface area contributed by atoms with E-state index in [-0.39, 0.29) is 23.6 Å². The van der Waals surface area contributed by atoms with Gasteiger partial charge in [0.15, 0.2) is 0 Å². The summed E-state index contributed by atoms with van der Waals surface area (Å²) in [7, 11) is 0. The summed E-state index contributed by atoms with van der Waals surface area (Å²) in [5, 5.41) is 31.2. The molecule has 2 aliphatic heterocycles. The Labute approximate surface area is 149 Å². The van der Waals surface area contributed by atoms with E-state index < -0.39 is 29.9 Å². The number of aliphatic hydroxyl groups excluding tert-OH is 1. The lowest BCUT2D eigenvalue weighted by molar-refractivity contribution is -0.161. The van der Waals surface area contributed by atoms with Crippen LogP contribution in [0.2, 0.25) is 0 Å². The summed E-state index contributed by atoms with van der Waals surface area (Å²) in [6.07, 6.45) is -0.581. The first-order valence-corrected chi connectivity index (χ1v) is 8.06. The molecule has 0 spiro atoms. The highest BCUT2D eigenvalue weighted by Crippen LogP contribution is 2.47. The molecular weight excluding hydrogens is 338 g/mol.